The van der Waals surface area contributed by atoms with Crippen molar-refractivity contribution in [2.24, 2.45) is 5.92 Å². The first-order valence-corrected chi connectivity index (χ1v) is 12.9. The summed E-state index contributed by atoms with van der Waals surface area (Å²) in [5.41, 5.74) is 0.704. The number of nitrogens with one attached hydrogen (secondary N) is 2. The number of aromatic nitrogens is 3. The van der Waals surface area contributed by atoms with E-state index >= 15 is 0 Å². The zero-order valence-electron chi connectivity index (χ0n) is 22.7. The first kappa shape index (κ1) is 27.8. The molecule has 10 heteroatoms. The van der Waals surface area contributed by atoms with Gasteiger partial charge in [-0.2, -0.15) is 0 Å². The van der Waals surface area contributed by atoms with Crippen molar-refractivity contribution in [3.05, 3.63) is 48.0 Å². The molecule has 3 aromatic rings. The highest BCUT2D eigenvalue weighted by Gasteiger charge is 2.29. The average molecular weight is 532 g/mol. The molecule has 0 aromatic carbocycles. The minimum atomic E-state index is -0.505. The molecule has 1 aliphatic rings. The normalized spacial score (nSPS) is 12.8. The van der Waals surface area contributed by atoms with Crippen LogP contribution in [0.15, 0.2) is 36.8 Å². The van der Waals surface area contributed by atoms with E-state index in [0.717, 1.165) is 23.6 Å². The summed E-state index contributed by atoms with van der Waals surface area (Å²) in [5, 5.41) is 7.57. The molecule has 0 unspecified atom stereocenters. The van der Waals surface area contributed by atoms with E-state index in [4.69, 9.17) is 14.2 Å². The quantitative estimate of drug-likeness (QED) is 0.227. The van der Waals surface area contributed by atoms with Crippen LogP contribution in [0.5, 0.6) is 5.75 Å². The number of carbonyl (C=O) groups excluding carboxylic acids is 2. The van der Waals surface area contributed by atoms with Gasteiger partial charge in [0, 0.05) is 48.4 Å². The number of rotatable bonds is 10. The van der Waals surface area contributed by atoms with E-state index in [1.165, 1.54) is 0 Å². The molecule has 0 atom stereocenters. The highest BCUT2D eigenvalue weighted by Crippen LogP contribution is 2.31. The van der Waals surface area contributed by atoms with Crippen molar-refractivity contribution in [1.82, 2.24) is 15.0 Å². The molecule has 1 saturated carbocycles. The van der Waals surface area contributed by atoms with Crippen molar-refractivity contribution in [2.75, 3.05) is 37.5 Å². The van der Waals surface area contributed by atoms with Crippen LogP contribution < -0.4 is 15.4 Å². The third-order valence-corrected chi connectivity index (χ3v) is 5.63. The van der Waals surface area contributed by atoms with Gasteiger partial charge in [-0.25, -0.2) is 15.0 Å². The highest BCUT2D eigenvalue weighted by molar-refractivity contribution is 5.99. The van der Waals surface area contributed by atoms with E-state index in [0.29, 0.717) is 41.9 Å². The molecule has 4 rings (SSSR count). The van der Waals surface area contributed by atoms with Crippen LogP contribution in [-0.4, -0.2) is 59.3 Å². The predicted molar refractivity (Wildman–Crippen MR) is 147 cm³/mol. The van der Waals surface area contributed by atoms with Gasteiger partial charge in [-0.15, -0.1) is 0 Å². The summed E-state index contributed by atoms with van der Waals surface area (Å²) < 4.78 is 16.5. The third-order valence-electron chi connectivity index (χ3n) is 5.63. The summed E-state index contributed by atoms with van der Waals surface area (Å²) >= 11 is 0. The van der Waals surface area contributed by atoms with Gasteiger partial charge in [0.2, 0.25) is 5.91 Å². The number of fused-ring (bicyclic) bond motifs is 1. The molecule has 1 fully saturated rings. The van der Waals surface area contributed by atoms with E-state index < -0.39 is 5.60 Å². The summed E-state index contributed by atoms with van der Waals surface area (Å²) in [7, 11) is 1.79. The lowest BCUT2D eigenvalue weighted by molar-refractivity contribution is -0.156. The molecule has 10 nitrogen and oxygen atoms in total. The minimum Gasteiger partial charge on any atom is -0.491 e. The second-order valence-electron chi connectivity index (χ2n) is 10.1. The molecule has 1 aliphatic carbocycles. The van der Waals surface area contributed by atoms with Gasteiger partial charge >= 0.3 is 5.97 Å². The molecular formula is C29H33N5O5. The molecule has 0 spiro atoms. The molecule has 0 aliphatic heterocycles. The molecule has 2 N–H and O–H groups in total. The van der Waals surface area contributed by atoms with Gasteiger partial charge in [0.25, 0.3) is 0 Å². The summed E-state index contributed by atoms with van der Waals surface area (Å²) in [6.45, 7) is 6.40. The van der Waals surface area contributed by atoms with Gasteiger partial charge in [-0.05, 0) is 51.7 Å². The van der Waals surface area contributed by atoms with E-state index in [1.54, 1.807) is 37.8 Å². The number of hydrogen-bond acceptors (Lipinski definition) is 9. The standard InChI is InChI=1S/C29H33N5O5/c1-29(2,3)39-26(35)10-12-37-13-14-38-22-9-11-31-21(15-22)8-7-20-17-33-27(30-4)24-18-32-25(16-23(20)24)34-28(36)19-5-6-19/h9,11,15-19H,5-6,10,12-14H2,1-4H3,(H,30,33)(H,32,34,36). The van der Waals surface area contributed by atoms with Crippen molar-refractivity contribution in [2.45, 2.75) is 45.6 Å². The molecule has 0 saturated heterocycles. The number of ether oxygens (including phenoxy) is 3. The number of esters is 1. The summed E-state index contributed by atoms with van der Waals surface area (Å²) in [4.78, 5) is 37.1. The van der Waals surface area contributed by atoms with Crippen molar-refractivity contribution in [3.8, 4) is 17.6 Å². The lowest BCUT2D eigenvalue weighted by Crippen LogP contribution is -2.24. The van der Waals surface area contributed by atoms with Gasteiger partial charge in [-0.1, -0.05) is 5.92 Å². The Kier molecular flexibility index (Phi) is 8.94. The monoisotopic (exact) mass is 531 g/mol. The number of hydrogen-bond donors (Lipinski definition) is 2. The Balaban J connectivity index is 1.37. The predicted octanol–water partition coefficient (Wildman–Crippen LogP) is 3.94. The van der Waals surface area contributed by atoms with Crippen molar-refractivity contribution in [1.29, 1.82) is 0 Å². The Morgan fingerprint density at radius 1 is 1.03 bits per heavy atom. The van der Waals surface area contributed by atoms with Crippen LogP contribution in [-0.2, 0) is 19.1 Å². The number of amides is 1. The van der Waals surface area contributed by atoms with Gasteiger partial charge in [-0.3, -0.25) is 9.59 Å². The number of carbonyl (C=O) groups is 2. The second kappa shape index (κ2) is 12.5. The van der Waals surface area contributed by atoms with Crippen LogP contribution in [0, 0.1) is 17.8 Å². The Bertz CT molecular complexity index is 1400. The SMILES string of the molecule is CNc1ncc(C#Cc2cc(OCCOCCC(=O)OC(C)(C)C)ccn2)c2cc(NC(=O)C3CC3)ncc12. The molecule has 0 bridgehead atoms. The van der Waals surface area contributed by atoms with Crippen LogP contribution in [0.4, 0.5) is 11.6 Å². The summed E-state index contributed by atoms with van der Waals surface area (Å²) in [5.74, 6) is 7.75. The Hall–Kier alpha value is -4.23. The maximum absolute atomic E-state index is 12.2. The first-order valence-electron chi connectivity index (χ1n) is 12.9. The maximum Gasteiger partial charge on any atom is 0.308 e. The topological polar surface area (TPSA) is 125 Å². The lowest BCUT2D eigenvalue weighted by Gasteiger charge is -2.19. The van der Waals surface area contributed by atoms with Crippen molar-refractivity contribution in [3.63, 3.8) is 0 Å². The fourth-order valence-corrected chi connectivity index (χ4v) is 3.65. The smallest absolute Gasteiger partial charge is 0.308 e. The van der Waals surface area contributed by atoms with Crippen LogP contribution in [0.2, 0.25) is 0 Å². The fraction of sp³-hybridized carbons (Fsp3) is 0.414. The zero-order chi connectivity index (χ0) is 27.8. The third kappa shape index (κ3) is 8.38. The van der Waals surface area contributed by atoms with E-state index in [9.17, 15) is 9.59 Å². The van der Waals surface area contributed by atoms with E-state index in [-0.39, 0.29) is 30.8 Å². The Morgan fingerprint density at radius 3 is 2.59 bits per heavy atom. The minimum absolute atomic E-state index is 0.00756. The molecular weight excluding hydrogens is 498 g/mol. The van der Waals surface area contributed by atoms with Crippen LogP contribution in [0.1, 0.15) is 51.3 Å². The van der Waals surface area contributed by atoms with Crippen molar-refractivity contribution >= 4 is 34.3 Å². The fourth-order valence-electron chi connectivity index (χ4n) is 3.65. The van der Waals surface area contributed by atoms with Gasteiger partial charge in [0.15, 0.2) is 0 Å². The van der Waals surface area contributed by atoms with Crippen molar-refractivity contribution < 1.29 is 23.8 Å². The summed E-state index contributed by atoms with van der Waals surface area (Å²) in [6.07, 6.45) is 7.02. The van der Waals surface area contributed by atoms with Gasteiger partial charge < -0.3 is 24.8 Å². The number of anilines is 2. The lowest BCUT2D eigenvalue weighted by atomic mass is 10.1. The first-order chi connectivity index (χ1) is 18.7. The molecule has 39 heavy (non-hydrogen) atoms. The summed E-state index contributed by atoms with van der Waals surface area (Å²) in [6, 6.07) is 5.30. The van der Waals surface area contributed by atoms with Crippen LogP contribution >= 0.6 is 0 Å². The largest absolute Gasteiger partial charge is 0.491 e. The van der Waals surface area contributed by atoms with E-state index in [2.05, 4.69) is 37.4 Å². The zero-order valence-corrected chi connectivity index (χ0v) is 22.7. The Labute approximate surface area is 227 Å². The highest BCUT2D eigenvalue weighted by atomic mass is 16.6. The van der Waals surface area contributed by atoms with Crippen LogP contribution in [0.25, 0.3) is 10.8 Å². The van der Waals surface area contributed by atoms with E-state index in [1.807, 2.05) is 26.8 Å². The average Bonchev–Trinajstić information content (AvgIpc) is 3.74. The Morgan fingerprint density at radius 2 is 1.85 bits per heavy atom. The number of nitrogens with zero attached hydrogens (tertiary/aromatic N) is 3. The maximum atomic E-state index is 12.2. The van der Waals surface area contributed by atoms with Crippen LogP contribution in [0.3, 0.4) is 0 Å². The molecule has 3 aromatic heterocycles. The number of pyridine rings is 3. The van der Waals surface area contributed by atoms with Gasteiger partial charge in [0.1, 0.15) is 35.3 Å². The second-order valence-corrected chi connectivity index (χ2v) is 10.1. The van der Waals surface area contributed by atoms with Gasteiger partial charge in [0.05, 0.1) is 25.2 Å². The molecule has 0 radical (unpaired) electrons. The molecule has 204 valence electrons. The molecule has 1 amide bonds. The molecule has 3 heterocycles.